The highest BCUT2D eigenvalue weighted by Crippen LogP contribution is 2.15. The maximum Gasteiger partial charge on any atom is 0.0651 e. The third kappa shape index (κ3) is 1.34. The van der Waals surface area contributed by atoms with Crippen molar-refractivity contribution >= 4 is 29.0 Å². The number of nitrogens with two attached hydrogens (primary N) is 1. The Morgan fingerprint density at radius 1 is 1.42 bits per heavy atom. The fourth-order valence-corrected chi connectivity index (χ4v) is 1.03. The van der Waals surface area contributed by atoms with E-state index in [0.717, 1.165) is 16.6 Å². The van der Waals surface area contributed by atoms with Gasteiger partial charge in [0.25, 0.3) is 0 Å². The van der Waals surface area contributed by atoms with Crippen molar-refractivity contribution in [3.8, 4) is 0 Å². The van der Waals surface area contributed by atoms with Crippen molar-refractivity contribution < 1.29 is 0 Å². The van der Waals surface area contributed by atoms with Crippen molar-refractivity contribution in [1.82, 2.24) is 10.2 Å². The Balaban J connectivity index is 0.000000720. The van der Waals surface area contributed by atoms with E-state index in [9.17, 15) is 0 Å². The van der Waals surface area contributed by atoms with Crippen LogP contribution in [-0.4, -0.2) is 10.2 Å². The monoisotopic (exact) mass is 184 g/mol. The van der Waals surface area contributed by atoms with Crippen LogP contribution in [0.15, 0.2) is 24.4 Å². The number of aromatic nitrogens is 2. The molecule has 4 nitrogen and oxygen atoms in total. The molecule has 0 amide bonds. The summed E-state index contributed by atoms with van der Waals surface area (Å²) < 4.78 is 0. The van der Waals surface area contributed by atoms with Gasteiger partial charge >= 0.3 is 0 Å². The summed E-state index contributed by atoms with van der Waals surface area (Å²) in [5.74, 6) is 5.23. The Labute approximate surface area is 75.5 Å². The second kappa shape index (κ2) is 3.42. The molecule has 0 bridgehead atoms. The molecule has 0 unspecified atom stereocenters. The fraction of sp³-hybridized carbons (Fsp3) is 0. The average molecular weight is 185 g/mol. The van der Waals surface area contributed by atoms with Crippen LogP contribution >= 0.6 is 12.4 Å². The van der Waals surface area contributed by atoms with Gasteiger partial charge in [-0.3, -0.25) is 10.9 Å². The summed E-state index contributed by atoms with van der Waals surface area (Å²) in [5.41, 5.74) is 4.47. The van der Waals surface area contributed by atoms with Gasteiger partial charge in [-0.1, -0.05) is 0 Å². The lowest BCUT2D eigenvalue weighted by atomic mass is 10.2. The Morgan fingerprint density at radius 2 is 2.25 bits per heavy atom. The van der Waals surface area contributed by atoms with Gasteiger partial charge in [-0.15, -0.1) is 12.4 Å². The Hall–Kier alpha value is -1.26. The van der Waals surface area contributed by atoms with Crippen LogP contribution in [0.3, 0.4) is 0 Å². The van der Waals surface area contributed by atoms with Gasteiger partial charge in [-0.25, -0.2) is 0 Å². The lowest BCUT2D eigenvalue weighted by Gasteiger charge is -1.96. The molecule has 2 rings (SSSR count). The predicted molar refractivity (Wildman–Crippen MR) is 51.2 cm³/mol. The number of hydrogen-bond acceptors (Lipinski definition) is 3. The number of rotatable bonds is 1. The van der Waals surface area contributed by atoms with Gasteiger partial charge in [0.15, 0.2) is 0 Å². The first-order chi connectivity index (χ1) is 5.40. The lowest BCUT2D eigenvalue weighted by molar-refractivity contribution is 1.12. The number of hydrazine groups is 1. The molecule has 4 N–H and O–H groups in total. The Kier molecular flexibility index (Phi) is 2.52. The van der Waals surface area contributed by atoms with Gasteiger partial charge < -0.3 is 5.43 Å². The van der Waals surface area contributed by atoms with Crippen LogP contribution in [0.4, 0.5) is 5.69 Å². The number of nitrogen functional groups attached to an aromatic ring is 1. The molecule has 1 aromatic heterocycles. The van der Waals surface area contributed by atoms with Gasteiger partial charge in [0, 0.05) is 11.1 Å². The second-order valence-electron chi connectivity index (χ2n) is 2.32. The molecular formula is C7H9ClN4. The van der Waals surface area contributed by atoms with Crippen LogP contribution in [-0.2, 0) is 0 Å². The van der Waals surface area contributed by atoms with Gasteiger partial charge in [0.1, 0.15) is 0 Å². The SMILES string of the molecule is Cl.NNc1ccc2[nH]ncc2c1. The van der Waals surface area contributed by atoms with Crippen LogP contribution in [0.5, 0.6) is 0 Å². The number of H-pyrrole nitrogens is 1. The molecule has 0 atom stereocenters. The first-order valence-electron chi connectivity index (χ1n) is 3.30. The number of fused-ring (bicyclic) bond motifs is 1. The first-order valence-corrected chi connectivity index (χ1v) is 3.30. The molecule has 5 heteroatoms. The third-order valence-electron chi connectivity index (χ3n) is 1.61. The van der Waals surface area contributed by atoms with E-state index in [1.807, 2.05) is 18.2 Å². The number of anilines is 1. The number of nitrogens with zero attached hydrogens (tertiary/aromatic N) is 1. The van der Waals surface area contributed by atoms with E-state index in [-0.39, 0.29) is 12.4 Å². The minimum Gasteiger partial charge on any atom is -0.324 e. The molecule has 12 heavy (non-hydrogen) atoms. The van der Waals surface area contributed by atoms with Gasteiger partial charge in [0.05, 0.1) is 11.7 Å². The highest BCUT2D eigenvalue weighted by molar-refractivity contribution is 5.85. The summed E-state index contributed by atoms with van der Waals surface area (Å²) in [6.45, 7) is 0. The van der Waals surface area contributed by atoms with Crippen LogP contribution in [0, 0.1) is 0 Å². The molecular weight excluding hydrogens is 176 g/mol. The number of nitrogens with one attached hydrogen (secondary N) is 2. The molecule has 0 aliphatic heterocycles. The Bertz CT molecular complexity index is 370. The van der Waals surface area contributed by atoms with E-state index in [1.165, 1.54) is 0 Å². The topological polar surface area (TPSA) is 66.7 Å². The fourth-order valence-electron chi connectivity index (χ4n) is 1.03. The molecule has 0 saturated carbocycles. The number of aromatic amines is 1. The third-order valence-corrected chi connectivity index (χ3v) is 1.61. The zero-order valence-electron chi connectivity index (χ0n) is 6.24. The summed E-state index contributed by atoms with van der Waals surface area (Å²) >= 11 is 0. The number of hydrogen-bond donors (Lipinski definition) is 3. The summed E-state index contributed by atoms with van der Waals surface area (Å²) in [6.07, 6.45) is 1.76. The lowest BCUT2D eigenvalue weighted by Crippen LogP contribution is -2.05. The minimum absolute atomic E-state index is 0. The molecule has 1 heterocycles. The maximum absolute atomic E-state index is 5.23. The quantitative estimate of drug-likeness (QED) is 0.462. The van der Waals surface area contributed by atoms with E-state index in [1.54, 1.807) is 6.20 Å². The van der Waals surface area contributed by atoms with Crippen molar-refractivity contribution in [2.45, 2.75) is 0 Å². The molecule has 0 aliphatic carbocycles. The molecule has 0 spiro atoms. The van der Waals surface area contributed by atoms with Crippen LogP contribution in [0.2, 0.25) is 0 Å². The van der Waals surface area contributed by atoms with E-state index >= 15 is 0 Å². The van der Waals surface area contributed by atoms with Gasteiger partial charge in [-0.2, -0.15) is 5.10 Å². The zero-order chi connectivity index (χ0) is 7.68. The van der Waals surface area contributed by atoms with E-state index in [2.05, 4.69) is 15.6 Å². The van der Waals surface area contributed by atoms with E-state index in [4.69, 9.17) is 5.84 Å². The number of benzene rings is 1. The maximum atomic E-state index is 5.23. The molecule has 2 aromatic rings. The first kappa shape index (κ1) is 8.83. The second-order valence-corrected chi connectivity index (χ2v) is 2.32. The van der Waals surface area contributed by atoms with Crippen molar-refractivity contribution in [1.29, 1.82) is 0 Å². The molecule has 0 aliphatic rings. The van der Waals surface area contributed by atoms with Crippen LogP contribution in [0.1, 0.15) is 0 Å². The van der Waals surface area contributed by atoms with E-state index < -0.39 is 0 Å². The smallest absolute Gasteiger partial charge is 0.0651 e. The predicted octanol–water partition coefficient (Wildman–Crippen LogP) is 1.27. The van der Waals surface area contributed by atoms with Gasteiger partial charge in [-0.05, 0) is 18.2 Å². The normalized spacial score (nSPS) is 9.42. The summed E-state index contributed by atoms with van der Waals surface area (Å²) in [6, 6.07) is 5.75. The van der Waals surface area contributed by atoms with E-state index in [0.29, 0.717) is 0 Å². The van der Waals surface area contributed by atoms with Crippen molar-refractivity contribution in [3.63, 3.8) is 0 Å². The van der Waals surface area contributed by atoms with Gasteiger partial charge in [0.2, 0.25) is 0 Å². The van der Waals surface area contributed by atoms with Crippen molar-refractivity contribution in [3.05, 3.63) is 24.4 Å². The molecule has 0 saturated heterocycles. The summed E-state index contributed by atoms with van der Waals surface area (Å²) in [5, 5.41) is 7.79. The zero-order valence-corrected chi connectivity index (χ0v) is 7.06. The Morgan fingerprint density at radius 3 is 3.00 bits per heavy atom. The summed E-state index contributed by atoms with van der Waals surface area (Å²) in [7, 11) is 0. The molecule has 0 fully saturated rings. The average Bonchev–Trinajstić information content (AvgIpc) is 2.50. The van der Waals surface area contributed by atoms with Crippen LogP contribution in [0.25, 0.3) is 10.9 Å². The van der Waals surface area contributed by atoms with Crippen molar-refractivity contribution in [2.75, 3.05) is 5.43 Å². The molecule has 64 valence electrons. The number of halogens is 1. The largest absolute Gasteiger partial charge is 0.324 e. The standard InChI is InChI=1S/C7H8N4.ClH/c8-10-6-1-2-7-5(3-6)4-9-11-7;/h1-4,10H,8H2,(H,9,11);1H. The highest BCUT2D eigenvalue weighted by atomic mass is 35.5. The molecule has 0 radical (unpaired) electrons. The summed E-state index contributed by atoms with van der Waals surface area (Å²) in [4.78, 5) is 0. The van der Waals surface area contributed by atoms with Crippen LogP contribution < -0.4 is 11.3 Å². The highest BCUT2D eigenvalue weighted by Gasteiger charge is 1.94. The molecule has 1 aromatic carbocycles. The van der Waals surface area contributed by atoms with Crippen molar-refractivity contribution in [2.24, 2.45) is 5.84 Å². The minimum atomic E-state index is 0.